The van der Waals surface area contributed by atoms with Gasteiger partial charge in [0, 0.05) is 44.5 Å². The Labute approximate surface area is 174 Å². The van der Waals surface area contributed by atoms with Crippen LogP contribution in [-0.2, 0) is 4.79 Å². The summed E-state index contributed by atoms with van der Waals surface area (Å²) in [5.74, 6) is 0.548. The lowest BCUT2D eigenvalue weighted by atomic mass is 9.93. The highest BCUT2D eigenvalue weighted by Gasteiger charge is 2.34. The molecule has 0 spiro atoms. The number of hydrogen-bond donors (Lipinski definition) is 1. The molecule has 6 heteroatoms. The summed E-state index contributed by atoms with van der Waals surface area (Å²) >= 11 is 0. The van der Waals surface area contributed by atoms with Crippen LogP contribution in [0.5, 0.6) is 0 Å². The van der Waals surface area contributed by atoms with Crippen LogP contribution in [0, 0.1) is 12.8 Å². The van der Waals surface area contributed by atoms with E-state index < -0.39 is 0 Å². The Morgan fingerprint density at radius 3 is 2.41 bits per heavy atom. The van der Waals surface area contributed by atoms with Crippen molar-refractivity contribution in [1.82, 2.24) is 14.7 Å². The molecule has 3 amide bonds. The van der Waals surface area contributed by atoms with E-state index in [4.69, 9.17) is 0 Å². The van der Waals surface area contributed by atoms with E-state index in [9.17, 15) is 9.59 Å². The van der Waals surface area contributed by atoms with Crippen molar-refractivity contribution >= 4 is 17.6 Å². The second-order valence-corrected chi connectivity index (χ2v) is 8.88. The first-order valence-electron chi connectivity index (χ1n) is 11.3. The zero-order chi connectivity index (χ0) is 20.2. The van der Waals surface area contributed by atoms with Gasteiger partial charge >= 0.3 is 6.03 Å². The highest BCUT2D eigenvalue weighted by molar-refractivity contribution is 5.89. The molecule has 1 aromatic rings. The smallest absolute Gasteiger partial charge is 0.321 e. The Morgan fingerprint density at radius 1 is 0.931 bits per heavy atom. The first kappa shape index (κ1) is 20.2. The van der Waals surface area contributed by atoms with Gasteiger partial charge in [0.15, 0.2) is 0 Å². The molecule has 0 saturated carbocycles. The second-order valence-electron chi connectivity index (χ2n) is 8.88. The number of hydrogen-bond acceptors (Lipinski definition) is 3. The summed E-state index contributed by atoms with van der Waals surface area (Å²) in [6.07, 6.45) is 6.44. The van der Waals surface area contributed by atoms with E-state index >= 15 is 0 Å². The summed E-state index contributed by atoms with van der Waals surface area (Å²) < 4.78 is 0. The number of likely N-dealkylation sites (tertiary alicyclic amines) is 3. The van der Waals surface area contributed by atoms with Crippen molar-refractivity contribution in [3.05, 3.63) is 29.8 Å². The van der Waals surface area contributed by atoms with E-state index in [1.54, 1.807) is 0 Å². The minimum absolute atomic E-state index is 0.00483. The molecule has 6 nitrogen and oxygen atoms in total. The number of urea groups is 1. The Morgan fingerprint density at radius 2 is 1.69 bits per heavy atom. The molecule has 0 bridgehead atoms. The first-order valence-corrected chi connectivity index (χ1v) is 11.3. The van der Waals surface area contributed by atoms with Crippen molar-refractivity contribution in [2.45, 2.75) is 51.5 Å². The quantitative estimate of drug-likeness (QED) is 0.850. The van der Waals surface area contributed by atoms with E-state index in [-0.39, 0.29) is 11.9 Å². The molecule has 3 aliphatic heterocycles. The van der Waals surface area contributed by atoms with Crippen LogP contribution in [0.15, 0.2) is 24.3 Å². The maximum atomic E-state index is 12.8. The average molecular weight is 399 g/mol. The number of carbonyl (C=O) groups excluding carboxylic acids is 2. The van der Waals surface area contributed by atoms with Crippen LogP contribution in [0.25, 0.3) is 0 Å². The summed E-state index contributed by atoms with van der Waals surface area (Å²) in [4.78, 5) is 31.9. The third kappa shape index (κ3) is 4.92. The SMILES string of the molecule is Cc1cccc(NC(=O)N2CCC(N3CCCC(C(=O)N4CCCC4)C3)CC2)c1. The molecular weight excluding hydrogens is 364 g/mol. The van der Waals surface area contributed by atoms with E-state index in [1.165, 1.54) is 0 Å². The van der Waals surface area contributed by atoms with Crippen molar-refractivity contribution in [3.8, 4) is 0 Å². The van der Waals surface area contributed by atoms with Crippen LogP contribution in [0.3, 0.4) is 0 Å². The third-order valence-electron chi connectivity index (χ3n) is 6.76. The maximum Gasteiger partial charge on any atom is 0.321 e. The van der Waals surface area contributed by atoms with Crippen LogP contribution in [0.4, 0.5) is 10.5 Å². The number of piperidine rings is 2. The zero-order valence-electron chi connectivity index (χ0n) is 17.6. The van der Waals surface area contributed by atoms with Crippen LogP contribution in [0.1, 0.15) is 44.1 Å². The summed E-state index contributed by atoms with van der Waals surface area (Å²) in [7, 11) is 0. The Balaban J connectivity index is 1.26. The van der Waals surface area contributed by atoms with Crippen molar-refractivity contribution in [3.63, 3.8) is 0 Å². The van der Waals surface area contributed by atoms with Crippen LogP contribution >= 0.6 is 0 Å². The molecule has 3 aliphatic rings. The lowest BCUT2D eigenvalue weighted by Gasteiger charge is -2.42. The Kier molecular flexibility index (Phi) is 6.38. The van der Waals surface area contributed by atoms with Gasteiger partial charge in [-0.05, 0) is 69.7 Å². The minimum atomic E-state index is -0.00483. The van der Waals surface area contributed by atoms with Gasteiger partial charge in [-0.25, -0.2) is 4.79 Å². The Bertz CT molecular complexity index is 723. The highest BCUT2D eigenvalue weighted by Crippen LogP contribution is 2.26. The van der Waals surface area contributed by atoms with Gasteiger partial charge in [0.1, 0.15) is 0 Å². The predicted octanol–water partition coefficient (Wildman–Crippen LogP) is 3.33. The van der Waals surface area contributed by atoms with Gasteiger partial charge in [-0.1, -0.05) is 12.1 Å². The van der Waals surface area contributed by atoms with Gasteiger partial charge in [-0.15, -0.1) is 0 Å². The second kappa shape index (κ2) is 9.16. The molecular formula is C23H34N4O2. The van der Waals surface area contributed by atoms with Gasteiger partial charge in [0.05, 0.1) is 5.92 Å². The molecule has 1 aromatic carbocycles. The molecule has 158 valence electrons. The minimum Gasteiger partial charge on any atom is -0.342 e. The van der Waals surface area contributed by atoms with Gasteiger partial charge in [0.25, 0.3) is 0 Å². The first-order chi connectivity index (χ1) is 14.1. The zero-order valence-corrected chi connectivity index (χ0v) is 17.6. The van der Waals surface area contributed by atoms with Crippen molar-refractivity contribution < 1.29 is 9.59 Å². The van der Waals surface area contributed by atoms with Gasteiger partial charge in [-0.3, -0.25) is 9.69 Å². The van der Waals surface area contributed by atoms with Gasteiger partial charge < -0.3 is 15.1 Å². The van der Waals surface area contributed by atoms with Crippen LogP contribution < -0.4 is 5.32 Å². The number of carbonyl (C=O) groups is 2. The molecule has 0 aromatic heterocycles. The number of anilines is 1. The average Bonchev–Trinajstić information content (AvgIpc) is 3.28. The number of rotatable bonds is 3. The summed E-state index contributed by atoms with van der Waals surface area (Å²) in [6, 6.07) is 8.41. The fourth-order valence-electron chi connectivity index (χ4n) is 5.09. The van der Waals surface area contributed by atoms with Crippen molar-refractivity contribution in [2.75, 3.05) is 44.6 Å². The van der Waals surface area contributed by atoms with Crippen LogP contribution in [-0.4, -0.2) is 71.9 Å². The molecule has 4 rings (SSSR count). The molecule has 3 fully saturated rings. The molecule has 29 heavy (non-hydrogen) atoms. The summed E-state index contributed by atoms with van der Waals surface area (Å²) in [5.41, 5.74) is 2.00. The van der Waals surface area contributed by atoms with Gasteiger partial charge in [-0.2, -0.15) is 0 Å². The Hall–Kier alpha value is -2.08. The molecule has 3 saturated heterocycles. The van der Waals surface area contributed by atoms with E-state index in [2.05, 4.69) is 15.1 Å². The standard InChI is InChI=1S/C23H34N4O2/c1-18-6-4-8-20(16-18)24-23(29)26-14-9-21(10-15-26)27-13-5-7-19(17-27)22(28)25-11-2-3-12-25/h4,6,8,16,19,21H,2-3,5,7,9-15,17H2,1H3,(H,24,29). The third-order valence-corrected chi connectivity index (χ3v) is 6.76. The molecule has 0 aliphatic carbocycles. The fourth-order valence-corrected chi connectivity index (χ4v) is 5.09. The van der Waals surface area contributed by atoms with E-state index in [1.807, 2.05) is 36.1 Å². The van der Waals surface area contributed by atoms with E-state index in [0.717, 1.165) is 89.0 Å². The van der Waals surface area contributed by atoms with E-state index in [0.29, 0.717) is 11.9 Å². The monoisotopic (exact) mass is 398 g/mol. The summed E-state index contributed by atoms with van der Waals surface area (Å²) in [5, 5.41) is 3.02. The topological polar surface area (TPSA) is 55.9 Å². The maximum absolute atomic E-state index is 12.8. The predicted molar refractivity (Wildman–Crippen MR) is 115 cm³/mol. The molecule has 1 unspecified atom stereocenters. The molecule has 1 N–H and O–H groups in total. The van der Waals surface area contributed by atoms with Crippen molar-refractivity contribution in [2.24, 2.45) is 5.92 Å². The molecule has 3 heterocycles. The number of nitrogens with zero attached hydrogens (tertiary/aromatic N) is 3. The molecule has 0 radical (unpaired) electrons. The lowest BCUT2D eigenvalue weighted by Crippen LogP contribution is -2.52. The van der Waals surface area contributed by atoms with Gasteiger partial charge in [0.2, 0.25) is 5.91 Å². The van der Waals surface area contributed by atoms with Crippen LogP contribution in [0.2, 0.25) is 0 Å². The van der Waals surface area contributed by atoms with Crippen molar-refractivity contribution in [1.29, 1.82) is 0 Å². The molecule has 1 atom stereocenters. The lowest BCUT2D eigenvalue weighted by molar-refractivity contribution is -0.136. The normalized spacial score (nSPS) is 24.0. The number of nitrogens with one attached hydrogen (secondary N) is 1. The largest absolute Gasteiger partial charge is 0.342 e. The number of amides is 3. The number of benzene rings is 1. The number of aryl methyl sites for hydroxylation is 1. The fraction of sp³-hybridized carbons (Fsp3) is 0.652. The summed E-state index contributed by atoms with van der Waals surface area (Å²) in [6.45, 7) is 7.47. The highest BCUT2D eigenvalue weighted by atomic mass is 16.2.